The van der Waals surface area contributed by atoms with E-state index in [-0.39, 0.29) is 42.6 Å². The largest absolute Gasteiger partial charge is 0.506 e. The fraction of sp³-hybridized carbons (Fsp3) is 0. The average Bonchev–Trinajstić information content (AvgIpc) is 2.06. The Kier molecular flexibility index (Phi) is 5.17. The van der Waals surface area contributed by atoms with Gasteiger partial charge in [-0.1, -0.05) is 18.2 Å². The molecule has 59 valence electrons. The maximum atomic E-state index is 9.31. The maximum absolute atomic E-state index is 9.31. The Hall–Kier alpha value is -0.414. The molecule has 0 bridgehead atoms. The van der Waals surface area contributed by atoms with Gasteiger partial charge in [-0.25, -0.2) is 0 Å². The second-order valence-electron chi connectivity index (χ2n) is 2.35. The van der Waals surface area contributed by atoms with Crippen molar-refractivity contribution < 1.29 is 24.6 Å². The molecule has 1 aromatic carbocycles. The number of hydrogen-bond donors (Lipinski definition) is 1. The molecule has 0 aliphatic heterocycles. The van der Waals surface area contributed by atoms with Crippen LogP contribution in [0.4, 0.5) is 0 Å². The molecule has 0 atom stereocenters. The van der Waals surface area contributed by atoms with Gasteiger partial charge >= 0.3 is 0 Å². The summed E-state index contributed by atoms with van der Waals surface area (Å²) in [5, 5.41) is 10.3. The Morgan fingerprint density at radius 1 is 1.08 bits per heavy atom. The topological polar surface area (TPSA) is 33.1 Å². The van der Waals surface area contributed by atoms with Crippen LogP contribution in [0.3, 0.4) is 0 Å². The van der Waals surface area contributed by atoms with Crippen LogP contribution in [0.2, 0.25) is 0 Å². The van der Waals surface area contributed by atoms with Crippen LogP contribution in [0, 0.1) is 0 Å². The predicted octanol–water partition coefficient (Wildman–Crippen LogP) is 1.56. The van der Waals surface area contributed by atoms with Crippen molar-refractivity contribution in [1.82, 2.24) is 4.98 Å². The summed E-state index contributed by atoms with van der Waals surface area (Å²) in [5.74, 6) is 0.239. The molecular formula is C9H7AlNOZn. The smallest absolute Gasteiger partial charge is 0.141 e. The number of hydrogen-bond acceptors (Lipinski definition) is 2. The van der Waals surface area contributed by atoms with E-state index in [2.05, 4.69) is 4.98 Å². The molecule has 0 saturated heterocycles. The van der Waals surface area contributed by atoms with Crippen LogP contribution < -0.4 is 0 Å². The predicted molar refractivity (Wildman–Crippen MR) is 49.2 cm³/mol. The molecule has 2 aromatic rings. The molecule has 0 amide bonds. The first kappa shape index (κ1) is 12.6. The number of fused-ring (bicyclic) bond motifs is 1. The molecule has 0 spiro atoms. The van der Waals surface area contributed by atoms with E-state index in [1.165, 1.54) is 0 Å². The van der Waals surface area contributed by atoms with E-state index in [1.54, 1.807) is 18.3 Å². The summed E-state index contributed by atoms with van der Waals surface area (Å²) in [6, 6.07) is 9.13. The molecule has 13 heavy (non-hydrogen) atoms. The van der Waals surface area contributed by atoms with Crippen molar-refractivity contribution in [3.63, 3.8) is 0 Å². The van der Waals surface area contributed by atoms with Gasteiger partial charge in [-0.3, -0.25) is 4.98 Å². The van der Waals surface area contributed by atoms with Crippen molar-refractivity contribution in [1.29, 1.82) is 0 Å². The van der Waals surface area contributed by atoms with Crippen molar-refractivity contribution in [2.75, 3.05) is 0 Å². The summed E-state index contributed by atoms with van der Waals surface area (Å²) in [7, 11) is 0. The molecule has 1 heterocycles. The molecule has 2 rings (SSSR count). The molecular weight excluding hydrogens is 230 g/mol. The molecule has 3 radical (unpaired) electrons. The zero-order valence-corrected chi connectivity index (χ0v) is 11.3. The minimum Gasteiger partial charge on any atom is -0.506 e. The number of rotatable bonds is 0. The van der Waals surface area contributed by atoms with Crippen molar-refractivity contribution >= 4 is 28.3 Å². The van der Waals surface area contributed by atoms with E-state index < -0.39 is 0 Å². The van der Waals surface area contributed by atoms with Gasteiger partial charge in [0, 0.05) is 48.4 Å². The Balaban J connectivity index is 0.000000720. The normalized spacial score (nSPS) is 8.62. The molecule has 1 N–H and O–H groups in total. The van der Waals surface area contributed by atoms with Crippen LogP contribution in [0.1, 0.15) is 0 Å². The van der Waals surface area contributed by atoms with Gasteiger partial charge in [-0.2, -0.15) is 0 Å². The third-order valence-electron chi connectivity index (χ3n) is 1.61. The fourth-order valence-corrected chi connectivity index (χ4v) is 1.09. The first-order valence-corrected chi connectivity index (χ1v) is 3.40. The number of benzene rings is 1. The van der Waals surface area contributed by atoms with E-state index in [0.717, 1.165) is 5.39 Å². The van der Waals surface area contributed by atoms with Gasteiger partial charge in [0.05, 0.1) is 0 Å². The van der Waals surface area contributed by atoms with Gasteiger partial charge in [0.1, 0.15) is 11.3 Å². The molecule has 2 nitrogen and oxygen atoms in total. The minimum atomic E-state index is 0. The zero-order valence-electron chi connectivity index (χ0n) is 7.14. The van der Waals surface area contributed by atoms with Crippen molar-refractivity contribution in [3.8, 4) is 5.75 Å². The second-order valence-corrected chi connectivity index (χ2v) is 2.35. The first-order valence-electron chi connectivity index (χ1n) is 3.40. The summed E-state index contributed by atoms with van der Waals surface area (Å²) in [6.07, 6.45) is 1.67. The van der Waals surface area contributed by atoms with Crippen LogP contribution in [-0.4, -0.2) is 27.5 Å². The van der Waals surface area contributed by atoms with E-state index in [9.17, 15) is 5.11 Å². The van der Waals surface area contributed by atoms with Gasteiger partial charge in [0.2, 0.25) is 0 Å². The second kappa shape index (κ2) is 5.34. The van der Waals surface area contributed by atoms with Crippen LogP contribution in [0.25, 0.3) is 10.9 Å². The van der Waals surface area contributed by atoms with E-state index in [1.807, 2.05) is 18.2 Å². The number of para-hydroxylation sites is 1. The van der Waals surface area contributed by atoms with Gasteiger partial charge in [0.15, 0.2) is 0 Å². The average molecular weight is 238 g/mol. The Labute approximate surface area is 99.9 Å². The van der Waals surface area contributed by atoms with Gasteiger partial charge in [-0.15, -0.1) is 0 Å². The number of nitrogens with zero attached hydrogens (tertiary/aromatic N) is 1. The zero-order chi connectivity index (χ0) is 7.68. The summed E-state index contributed by atoms with van der Waals surface area (Å²) in [6.45, 7) is 0. The summed E-state index contributed by atoms with van der Waals surface area (Å²) in [4.78, 5) is 4.03. The number of aromatic hydroxyl groups is 1. The van der Waals surface area contributed by atoms with Gasteiger partial charge in [-0.05, 0) is 12.1 Å². The van der Waals surface area contributed by atoms with E-state index in [0.29, 0.717) is 5.52 Å². The van der Waals surface area contributed by atoms with Crippen molar-refractivity contribution in [3.05, 3.63) is 36.5 Å². The molecule has 0 aliphatic rings. The summed E-state index contributed by atoms with van der Waals surface area (Å²) < 4.78 is 0. The van der Waals surface area contributed by atoms with E-state index in [4.69, 9.17) is 0 Å². The third-order valence-corrected chi connectivity index (χ3v) is 1.61. The Morgan fingerprint density at radius 2 is 1.77 bits per heavy atom. The van der Waals surface area contributed by atoms with Crippen LogP contribution in [0.5, 0.6) is 5.75 Å². The van der Waals surface area contributed by atoms with Gasteiger partial charge < -0.3 is 5.11 Å². The van der Waals surface area contributed by atoms with Crippen LogP contribution in [-0.2, 0) is 19.5 Å². The molecule has 4 heteroatoms. The number of phenols is 1. The number of phenolic OH excluding ortho intramolecular Hbond substituents is 1. The molecule has 0 aliphatic carbocycles. The monoisotopic (exact) mass is 236 g/mol. The van der Waals surface area contributed by atoms with Crippen molar-refractivity contribution in [2.45, 2.75) is 0 Å². The minimum absolute atomic E-state index is 0. The van der Waals surface area contributed by atoms with Gasteiger partial charge in [0.25, 0.3) is 0 Å². The fourth-order valence-electron chi connectivity index (χ4n) is 1.09. The SMILES string of the molecule is Oc1cccc2cccnc12.[Al].[Zn]. The Morgan fingerprint density at radius 3 is 2.46 bits per heavy atom. The van der Waals surface area contributed by atoms with Crippen LogP contribution >= 0.6 is 0 Å². The number of aromatic nitrogens is 1. The third kappa shape index (κ3) is 2.51. The van der Waals surface area contributed by atoms with E-state index >= 15 is 0 Å². The van der Waals surface area contributed by atoms with Crippen LogP contribution in [0.15, 0.2) is 36.5 Å². The summed E-state index contributed by atoms with van der Waals surface area (Å²) >= 11 is 0. The maximum Gasteiger partial charge on any atom is 0.141 e. The molecule has 0 unspecified atom stereocenters. The quantitative estimate of drug-likeness (QED) is 0.706. The Bertz CT molecular complexity index is 389. The standard InChI is InChI=1S/C9H7NO.Al.Zn/c11-8-5-1-3-7-4-2-6-10-9(7)8;;/h1-6,11H;;. The van der Waals surface area contributed by atoms with Crippen molar-refractivity contribution in [2.24, 2.45) is 0 Å². The molecule has 0 fully saturated rings. The first-order chi connectivity index (χ1) is 5.38. The summed E-state index contributed by atoms with van der Waals surface area (Å²) in [5.41, 5.74) is 0.662. The number of pyridine rings is 1. The molecule has 0 saturated carbocycles. The molecule has 1 aromatic heterocycles.